The minimum absolute atomic E-state index is 0.163. The highest BCUT2D eigenvalue weighted by atomic mass is 16.5. The standard InChI is InChI=1S/C11H17NO2/c1-8(12)3-4-9-5-6-10(14-2)7-11(9)13/h5-8,13H,3-4,12H2,1-2H3/t8-/m0/s1. The van der Waals surface area contributed by atoms with Gasteiger partial charge in [0.05, 0.1) is 7.11 Å². The van der Waals surface area contributed by atoms with E-state index >= 15 is 0 Å². The smallest absolute Gasteiger partial charge is 0.122 e. The van der Waals surface area contributed by atoms with Gasteiger partial charge in [0.1, 0.15) is 11.5 Å². The minimum atomic E-state index is 0.163. The first-order valence-corrected chi connectivity index (χ1v) is 4.75. The Labute approximate surface area is 84.5 Å². The van der Waals surface area contributed by atoms with E-state index in [-0.39, 0.29) is 11.8 Å². The average Bonchev–Trinajstić information content (AvgIpc) is 2.15. The molecular weight excluding hydrogens is 178 g/mol. The Hall–Kier alpha value is -1.22. The van der Waals surface area contributed by atoms with Gasteiger partial charge in [-0.25, -0.2) is 0 Å². The SMILES string of the molecule is COc1ccc(CC[C@H](C)N)c(O)c1. The van der Waals surface area contributed by atoms with E-state index in [1.165, 1.54) is 0 Å². The van der Waals surface area contributed by atoms with Crippen molar-refractivity contribution in [2.75, 3.05) is 7.11 Å². The second-order valence-electron chi connectivity index (χ2n) is 3.51. The molecule has 0 fully saturated rings. The molecule has 0 saturated heterocycles. The van der Waals surface area contributed by atoms with Gasteiger partial charge in [-0.2, -0.15) is 0 Å². The van der Waals surface area contributed by atoms with Crippen LogP contribution < -0.4 is 10.5 Å². The first kappa shape index (κ1) is 10.9. The molecule has 1 atom stereocenters. The maximum atomic E-state index is 9.61. The third-order valence-corrected chi connectivity index (χ3v) is 2.16. The van der Waals surface area contributed by atoms with Gasteiger partial charge < -0.3 is 15.6 Å². The Kier molecular flexibility index (Phi) is 3.77. The summed E-state index contributed by atoms with van der Waals surface area (Å²) in [5.74, 6) is 0.956. The van der Waals surface area contributed by atoms with Gasteiger partial charge >= 0.3 is 0 Å². The fourth-order valence-electron chi connectivity index (χ4n) is 1.27. The van der Waals surface area contributed by atoms with Crippen LogP contribution in [0.15, 0.2) is 18.2 Å². The van der Waals surface area contributed by atoms with Crippen LogP contribution in [-0.2, 0) is 6.42 Å². The molecule has 3 nitrogen and oxygen atoms in total. The summed E-state index contributed by atoms with van der Waals surface area (Å²) in [5, 5.41) is 9.61. The zero-order chi connectivity index (χ0) is 10.6. The molecule has 1 aromatic carbocycles. The molecule has 78 valence electrons. The predicted molar refractivity (Wildman–Crippen MR) is 56.6 cm³/mol. The largest absolute Gasteiger partial charge is 0.508 e. The lowest BCUT2D eigenvalue weighted by molar-refractivity contribution is 0.406. The van der Waals surface area contributed by atoms with Crippen molar-refractivity contribution in [1.82, 2.24) is 0 Å². The van der Waals surface area contributed by atoms with Crippen molar-refractivity contribution in [3.05, 3.63) is 23.8 Å². The second kappa shape index (κ2) is 4.86. The van der Waals surface area contributed by atoms with E-state index in [2.05, 4.69) is 0 Å². The molecule has 3 N–H and O–H groups in total. The number of benzene rings is 1. The maximum absolute atomic E-state index is 9.61. The molecule has 1 rings (SSSR count). The molecule has 0 aliphatic carbocycles. The Bertz CT molecular complexity index is 297. The average molecular weight is 195 g/mol. The molecule has 3 heteroatoms. The highest BCUT2D eigenvalue weighted by Gasteiger charge is 2.03. The molecule has 0 saturated carbocycles. The molecule has 0 aliphatic heterocycles. The molecule has 14 heavy (non-hydrogen) atoms. The van der Waals surface area contributed by atoms with Crippen molar-refractivity contribution in [3.63, 3.8) is 0 Å². The highest BCUT2D eigenvalue weighted by molar-refractivity contribution is 5.39. The number of aryl methyl sites for hydroxylation is 1. The summed E-state index contributed by atoms with van der Waals surface area (Å²) in [6, 6.07) is 5.50. The predicted octanol–water partition coefficient (Wildman–Crippen LogP) is 1.68. The Balaban J connectivity index is 2.69. The number of hydrogen-bond acceptors (Lipinski definition) is 3. The van der Waals surface area contributed by atoms with Gasteiger partial charge in [-0.15, -0.1) is 0 Å². The number of ether oxygens (including phenoxy) is 1. The van der Waals surface area contributed by atoms with Gasteiger partial charge in [-0.1, -0.05) is 6.07 Å². The van der Waals surface area contributed by atoms with Crippen molar-refractivity contribution in [2.24, 2.45) is 5.73 Å². The molecule has 1 aromatic rings. The third kappa shape index (κ3) is 2.92. The van der Waals surface area contributed by atoms with Gasteiger partial charge in [0.15, 0.2) is 0 Å². The second-order valence-corrected chi connectivity index (χ2v) is 3.51. The molecule has 0 bridgehead atoms. The summed E-state index contributed by atoms with van der Waals surface area (Å²) in [4.78, 5) is 0. The first-order valence-electron chi connectivity index (χ1n) is 4.75. The lowest BCUT2D eigenvalue weighted by atomic mass is 10.1. The van der Waals surface area contributed by atoms with E-state index in [1.807, 2.05) is 19.1 Å². The van der Waals surface area contributed by atoms with E-state index < -0.39 is 0 Å². The zero-order valence-corrected chi connectivity index (χ0v) is 8.66. The van der Waals surface area contributed by atoms with Crippen LogP contribution in [-0.4, -0.2) is 18.3 Å². The van der Waals surface area contributed by atoms with E-state index in [9.17, 15) is 5.11 Å². The lowest BCUT2D eigenvalue weighted by Crippen LogP contribution is -2.15. The quantitative estimate of drug-likeness (QED) is 0.768. The molecule has 0 aliphatic rings. The number of phenolic OH excluding ortho intramolecular Hbond substituents is 1. The van der Waals surface area contributed by atoms with Crippen LogP contribution in [0.5, 0.6) is 11.5 Å². The molecule has 0 amide bonds. The van der Waals surface area contributed by atoms with Crippen molar-refractivity contribution >= 4 is 0 Å². The van der Waals surface area contributed by atoms with Gasteiger partial charge in [0.25, 0.3) is 0 Å². The van der Waals surface area contributed by atoms with Crippen LogP contribution >= 0.6 is 0 Å². The number of aromatic hydroxyl groups is 1. The van der Waals surface area contributed by atoms with Crippen LogP contribution in [0.4, 0.5) is 0 Å². The number of nitrogens with two attached hydrogens (primary N) is 1. The number of phenols is 1. The number of hydrogen-bond donors (Lipinski definition) is 2. The minimum Gasteiger partial charge on any atom is -0.508 e. The number of rotatable bonds is 4. The van der Waals surface area contributed by atoms with Crippen molar-refractivity contribution in [3.8, 4) is 11.5 Å². The summed E-state index contributed by atoms with van der Waals surface area (Å²) in [6.45, 7) is 1.96. The summed E-state index contributed by atoms with van der Waals surface area (Å²) >= 11 is 0. The molecule has 0 spiro atoms. The van der Waals surface area contributed by atoms with Gasteiger partial charge in [0.2, 0.25) is 0 Å². The Morgan fingerprint density at radius 1 is 1.50 bits per heavy atom. The van der Waals surface area contributed by atoms with Gasteiger partial charge in [-0.05, 0) is 31.4 Å². The molecule has 0 heterocycles. The van der Waals surface area contributed by atoms with Gasteiger partial charge in [0, 0.05) is 12.1 Å². The fraction of sp³-hybridized carbons (Fsp3) is 0.455. The van der Waals surface area contributed by atoms with Gasteiger partial charge in [-0.3, -0.25) is 0 Å². The molecule has 0 unspecified atom stereocenters. The van der Waals surface area contributed by atoms with Crippen molar-refractivity contribution < 1.29 is 9.84 Å². The summed E-state index contributed by atoms with van der Waals surface area (Å²) in [5.41, 5.74) is 6.56. The Morgan fingerprint density at radius 2 is 2.21 bits per heavy atom. The normalized spacial score (nSPS) is 12.5. The maximum Gasteiger partial charge on any atom is 0.122 e. The summed E-state index contributed by atoms with van der Waals surface area (Å²) in [6.07, 6.45) is 1.67. The third-order valence-electron chi connectivity index (χ3n) is 2.16. The lowest BCUT2D eigenvalue weighted by Gasteiger charge is -2.08. The number of methoxy groups -OCH3 is 1. The Morgan fingerprint density at radius 3 is 2.71 bits per heavy atom. The highest BCUT2D eigenvalue weighted by Crippen LogP contribution is 2.24. The monoisotopic (exact) mass is 195 g/mol. The van der Waals surface area contributed by atoms with E-state index in [1.54, 1.807) is 13.2 Å². The van der Waals surface area contributed by atoms with Crippen molar-refractivity contribution in [2.45, 2.75) is 25.8 Å². The van der Waals surface area contributed by atoms with Crippen LogP contribution in [0, 0.1) is 0 Å². The fourth-order valence-corrected chi connectivity index (χ4v) is 1.27. The first-order chi connectivity index (χ1) is 6.63. The van der Waals surface area contributed by atoms with Crippen LogP contribution in [0.3, 0.4) is 0 Å². The van der Waals surface area contributed by atoms with E-state index in [4.69, 9.17) is 10.5 Å². The molecular formula is C11H17NO2. The van der Waals surface area contributed by atoms with Crippen LogP contribution in [0.2, 0.25) is 0 Å². The zero-order valence-electron chi connectivity index (χ0n) is 8.66. The van der Waals surface area contributed by atoms with E-state index in [0.717, 1.165) is 18.4 Å². The van der Waals surface area contributed by atoms with Crippen LogP contribution in [0.1, 0.15) is 18.9 Å². The van der Waals surface area contributed by atoms with Crippen molar-refractivity contribution in [1.29, 1.82) is 0 Å². The van der Waals surface area contributed by atoms with Crippen LogP contribution in [0.25, 0.3) is 0 Å². The summed E-state index contributed by atoms with van der Waals surface area (Å²) < 4.78 is 4.99. The molecule has 0 aromatic heterocycles. The summed E-state index contributed by atoms with van der Waals surface area (Å²) in [7, 11) is 1.58. The topological polar surface area (TPSA) is 55.5 Å². The molecule has 0 radical (unpaired) electrons. The van der Waals surface area contributed by atoms with E-state index in [0.29, 0.717) is 5.75 Å².